The summed E-state index contributed by atoms with van der Waals surface area (Å²) in [5.41, 5.74) is -18.1. The summed E-state index contributed by atoms with van der Waals surface area (Å²) >= 11 is 0. The summed E-state index contributed by atoms with van der Waals surface area (Å²) in [6, 6.07) is 11.0. The number of esters is 1. The molecule has 7 aromatic rings. The van der Waals surface area contributed by atoms with Gasteiger partial charge < -0.3 is 14.7 Å². The molecule has 4 aromatic carbocycles. The van der Waals surface area contributed by atoms with E-state index in [-0.39, 0.29) is 63.7 Å². The van der Waals surface area contributed by atoms with E-state index >= 15 is 0 Å². The molecule has 0 fully saturated rings. The third kappa shape index (κ3) is 10.3. The lowest BCUT2D eigenvalue weighted by Crippen LogP contribution is -2.11. The molecule has 5 heterocycles. The number of H-pyrrole nitrogens is 2. The van der Waals surface area contributed by atoms with E-state index in [9.17, 15) is 83.8 Å². The van der Waals surface area contributed by atoms with Crippen LogP contribution in [-0.4, -0.2) is 33.0 Å². The molecule has 0 aliphatic carbocycles. The fourth-order valence-electron chi connectivity index (χ4n) is 8.61. The van der Waals surface area contributed by atoms with Gasteiger partial charge in [0.15, 0.2) is 0 Å². The summed E-state index contributed by atoms with van der Waals surface area (Å²) in [6.45, 7) is 0. The van der Waals surface area contributed by atoms with Crippen molar-refractivity contribution >= 4 is 52.3 Å². The van der Waals surface area contributed by atoms with E-state index < -0.39 is 138 Å². The molecule has 2 aliphatic heterocycles. The van der Waals surface area contributed by atoms with E-state index in [0.29, 0.717) is 24.3 Å². The number of nitrogens with one attached hydrogen (secondary N) is 2. The highest BCUT2D eigenvalue weighted by Crippen LogP contribution is 2.46. The van der Waals surface area contributed by atoms with Gasteiger partial charge >= 0.3 is 43.0 Å². The zero-order chi connectivity index (χ0) is 55.2. The van der Waals surface area contributed by atoms with Crippen LogP contribution in [0.4, 0.5) is 79.0 Å². The van der Waals surface area contributed by atoms with E-state index in [2.05, 4.69) is 19.9 Å². The van der Waals surface area contributed by atoms with Crippen LogP contribution in [0.15, 0.2) is 103 Å². The van der Waals surface area contributed by atoms with Gasteiger partial charge in [-0.15, -0.1) is 0 Å². The number of rotatable bonds is 5. The Hall–Kier alpha value is -8.31. The van der Waals surface area contributed by atoms with Crippen molar-refractivity contribution in [2.75, 3.05) is 7.11 Å². The van der Waals surface area contributed by atoms with Crippen LogP contribution in [0.2, 0.25) is 0 Å². The Morgan fingerprint density at radius 1 is 0.355 bits per heavy atom. The van der Waals surface area contributed by atoms with Gasteiger partial charge in [-0.3, -0.25) is 0 Å². The Balaban J connectivity index is 1.52. The number of aromatic nitrogens is 4. The average molecular weight is 1080 g/mol. The summed E-state index contributed by atoms with van der Waals surface area (Å²) in [6.07, 6.45) is -28.3. The second kappa shape index (κ2) is 18.2. The van der Waals surface area contributed by atoms with Crippen LogP contribution in [-0.2, 0) is 41.8 Å². The minimum Gasteiger partial charge on any atom is -0.465 e. The Bertz CT molecular complexity index is 3570. The number of halogens is 18. The van der Waals surface area contributed by atoms with Crippen molar-refractivity contribution in [1.29, 1.82) is 0 Å². The summed E-state index contributed by atoms with van der Waals surface area (Å²) < 4.78 is 265. The van der Waals surface area contributed by atoms with Crippen molar-refractivity contribution < 1.29 is 88.6 Å². The van der Waals surface area contributed by atoms with Gasteiger partial charge in [-0.2, -0.15) is 79.0 Å². The highest BCUT2D eigenvalue weighted by Gasteiger charge is 2.40. The number of aromatic amines is 2. The summed E-state index contributed by atoms with van der Waals surface area (Å²) in [5.74, 6) is -0.802. The van der Waals surface area contributed by atoms with Crippen LogP contribution in [0, 0.1) is 0 Å². The maximum Gasteiger partial charge on any atom is 0.416 e. The first-order valence-electron chi connectivity index (χ1n) is 21.5. The predicted molar refractivity (Wildman–Crippen MR) is 242 cm³/mol. The van der Waals surface area contributed by atoms with Crippen molar-refractivity contribution in [3.8, 4) is 44.5 Å². The molecule has 0 atom stereocenters. The molecule has 24 heteroatoms. The third-order valence-corrected chi connectivity index (χ3v) is 12.0. The van der Waals surface area contributed by atoms with Gasteiger partial charge in [0.1, 0.15) is 0 Å². The fourth-order valence-corrected chi connectivity index (χ4v) is 8.61. The van der Waals surface area contributed by atoms with Crippen LogP contribution in [0.5, 0.6) is 0 Å². The molecule has 392 valence electrons. The van der Waals surface area contributed by atoms with Crippen LogP contribution >= 0.6 is 0 Å². The second-order valence-corrected chi connectivity index (χ2v) is 17.0. The first-order chi connectivity index (χ1) is 35.3. The number of methoxy groups -OCH3 is 1. The SMILES string of the molecule is COC(=O)c1ccc(-c2c3nc(c(-c4cc(C(F)(F)F)cc(C(F)(F)F)c4)c4ccc([nH]4)c(-c4cc(C(F)(F)F)cc(C(F)(F)F)c4)c4nc(c(-c5cc(C(F)(F)F)cc(C(F)(F)F)c5)c5ccc2[nH]5)C=C4)C=C3)cc1. The van der Waals surface area contributed by atoms with Crippen molar-refractivity contribution in [1.82, 2.24) is 19.9 Å². The lowest BCUT2D eigenvalue weighted by Gasteiger charge is -2.15. The molecule has 0 radical (unpaired) electrons. The van der Waals surface area contributed by atoms with E-state index in [4.69, 9.17) is 4.74 Å². The molecule has 8 bridgehead atoms. The van der Waals surface area contributed by atoms with Gasteiger partial charge in [-0.05, 0) is 138 Å². The molecule has 0 unspecified atom stereocenters. The van der Waals surface area contributed by atoms with Gasteiger partial charge in [0, 0.05) is 44.3 Å². The smallest absolute Gasteiger partial charge is 0.416 e. The zero-order valence-corrected chi connectivity index (χ0v) is 37.6. The topological polar surface area (TPSA) is 83.7 Å². The highest BCUT2D eigenvalue weighted by atomic mass is 19.4. The standard InChI is InChI=1S/C52H26F18N4O2/c1-76-46(75)24-4-2-23(3-5-24)42-34-6-8-36(71-34)43(25-14-28(47(53,54)55)20-29(15-25)48(56,57)58)38-10-12-40(73-38)45(27-18-32(51(65,66)67)22-33(19-27)52(68,69)70)41-13-11-39(74-41)44(37-9-7-35(42)72-37)26-16-30(49(59,60)61)21-31(17-26)50(62,63)64/h2-22,71,74H,1H3. The highest BCUT2D eigenvalue weighted by molar-refractivity contribution is 6.00. The second-order valence-electron chi connectivity index (χ2n) is 17.0. The number of nitrogens with zero attached hydrogens (tertiary/aromatic N) is 2. The molecule has 3 aromatic heterocycles. The number of ether oxygens (including phenoxy) is 1. The first kappa shape index (κ1) is 52.5. The molecule has 2 N–H and O–H groups in total. The Morgan fingerprint density at radius 2 is 0.592 bits per heavy atom. The maximum atomic E-state index is 14.5. The quantitative estimate of drug-likeness (QED) is 0.133. The Kier molecular flexibility index (Phi) is 12.6. The van der Waals surface area contributed by atoms with Gasteiger partial charge in [0.2, 0.25) is 0 Å². The van der Waals surface area contributed by atoms with Crippen LogP contribution in [0.3, 0.4) is 0 Å². The predicted octanol–water partition coefficient (Wildman–Crippen LogP) is 17.2. The van der Waals surface area contributed by atoms with E-state index in [0.717, 1.165) is 37.5 Å². The van der Waals surface area contributed by atoms with E-state index in [1.807, 2.05) is 0 Å². The normalized spacial score (nSPS) is 13.4. The summed E-state index contributed by atoms with van der Waals surface area (Å²) in [4.78, 5) is 27.0. The number of carbonyl (C=O) groups excluding carboxylic acids is 1. The third-order valence-electron chi connectivity index (χ3n) is 12.0. The van der Waals surface area contributed by atoms with Gasteiger partial charge in [0.05, 0.1) is 68.8 Å². The van der Waals surface area contributed by atoms with Crippen molar-refractivity contribution in [2.45, 2.75) is 37.1 Å². The molecule has 0 amide bonds. The molecular weight excluding hydrogens is 1050 g/mol. The monoisotopic (exact) mass is 1080 g/mol. The molecule has 0 saturated carbocycles. The first-order valence-corrected chi connectivity index (χ1v) is 21.5. The lowest BCUT2D eigenvalue weighted by molar-refractivity contribution is -0.144. The molecule has 0 spiro atoms. The average Bonchev–Trinajstić information content (AvgIpc) is 4.20. The van der Waals surface area contributed by atoms with Crippen LogP contribution < -0.4 is 0 Å². The van der Waals surface area contributed by atoms with E-state index in [1.54, 1.807) is 0 Å². The van der Waals surface area contributed by atoms with Gasteiger partial charge in [-0.1, -0.05) is 12.1 Å². The number of benzene rings is 4. The number of hydrogen-bond acceptors (Lipinski definition) is 4. The molecule has 0 saturated heterocycles. The van der Waals surface area contributed by atoms with Crippen LogP contribution in [0.25, 0.3) is 90.9 Å². The van der Waals surface area contributed by atoms with Crippen molar-refractivity contribution in [3.63, 3.8) is 0 Å². The summed E-state index contributed by atoms with van der Waals surface area (Å²) in [7, 11) is 1.08. The Labute approximate surface area is 413 Å². The minimum atomic E-state index is -5.48. The maximum absolute atomic E-state index is 14.5. The van der Waals surface area contributed by atoms with Crippen molar-refractivity contribution in [3.05, 3.63) is 165 Å². The number of alkyl halides is 18. The molecule has 76 heavy (non-hydrogen) atoms. The summed E-state index contributed by atoms with van der Waals surface area (Å²) in [5, 5.41) is 0. The fraction of sp³-hybridized carbons (Fsp3) is 0.135. The molecule has 6 nitrogen and oxygen atoms in total. The number of carbonyl (C=O) groups is 1. The van der Waals surface area contributed by atoms with E-state index in [1.165, 1.54) is 42.5 Å². The molecule has 9 rings (SSSR count). The largest absolute Gasteiger partial charge is 0.465 e. The van der Waals surface area contributed by atoms with Crippen LogP contribution in [0.1, 0.15) is 66.5 Å². The van der Waals surface area contributed by atoms with Gasteiger partial charge in [0.25, 0.3) is 0 Å². The molecular formula is C52H26F18N4O2. The van der Waals surface area contributed by atoms with Gasteiger partial charge in [-0.25, -0.2) is 14.8 Å². The minimum absolute atomic E-state index is 0.00114. The van der Waals surface area contributed by atoms with Crippen molar-refractivity contribution in [2.24, 2.45) is 0 Å². The Morgan fingerprint density at radius 3 is 0.816 bits per heavy atom. The number of hydrogen-bond donors (Lipinski definition) is 2. The molecule has 2 aliphatic rings. The number of fused-ring (bicyclic) bond motifs is 8. The zero-order valence-electron chi connectivity index (χ0n) is 37.6. The lowest BCUT2D eigenvalue weighted by atomic mass is 9.97.